The first-order valence-corrected chi connectivity index (χ1v) is 4.78. The van der Waals surface area contributed by atoms with E-state index in [-0.39, 0.29) is 11.3 Å². The zero-order valence-corrected chi connectivity index (χ0v) is 9.17. The molecular formula is C11H15FN2O. The Hall–Kier alpha value is -1.45. The highest BCUT2D eigenvalue weighted by Gasteiger charge is 2.13. The minimum absolute atomic E-state index is 0.0309. The van der Waals surface area contributed by atoms with E-state index in [0.29, 0.717) is 12.1 Å². The Labute approximate surface area is 88.7 Å². The van der Waals surface area contributed by atoms with Crippen LogP contribution < -0.4 is 5.32 Å². The van der Waals surface area contributed by atoms with E-state index >= 15 is 0 Å². The molecule has 0 spiro atoms. The Morgan fingerprint density at radius 2 is 2.13 bits per heavy atom. The maximum Gasteiger partial charge on any atom is 0.252 e. The number of carbonyl (C=O) groups is 1. The average Bonchev–Trinajstić information content (AvgIpc) is 2.14. The molecule has 82 valence electrons. The molecule has 0 saturated heterocycles. The third kappa shape index (κ3) is 4.06. The molecule has 3 nitrogen and oxygen atoms in total. The summed E-state index contributed by atoms with van der Waals surface area (Å²) in [6.07, 6.45) is 1.23. The van der Waals surface area contributed by atoms with Crippen molar-refractivity contribution in [3.05, 3.63) is 29.8 Å². The molecule has 0 radical (unpaired) electrons. The molecular weight excluding hydrogens is 195 g/mol. The summed E-state index contributed by atoms with van der Waals surface area (Å²) in [6, 6.07) is 2.59. The van der Waals surface area contributed by atoms with Gasteiger partial charge in [0.05, 0.1) is 5.56 Å². The molecule has 0 atom stereocenters. The van der Waals surface area contributed by atoms with E-state index in [1.54, 1.807) is 0 Å². The summed E-state index contributed by atoms with van der Waals surface area (Å²) >= 11 is 0. The third-order valence-corrected chi connectivity index (χ3v) is 1.77. The Morgan fingerprint density at radius 3 is 2.60 bits per heavy atom. The normalized spacial score (nSPS) is 11.2. The van der Waals surface area contributed by atoms with Crippen molar-refractivity contribution in [2.24, 2.45) is 5.41 Å². The number of nitrogens with zero attached hydrogens (tertiary/aromatic N) is 1. The molecule has 1 heterocycles. The number of halogens is 1. The number of carbonyl (C=O) groups excluding carboxylic acids is 1. The average molecular weight is 210 g/mol. The van der Waals surface area contributed by atoms with Gasteiger partial charge in [-0.1, -0.05) is 20.8 Å². The van der Waals surface area contributed by atoms with Crippen LogP contribution >= 0.6 is 0 Å². The first kappa shape index (κ1) is 11.6. The molecule has 1 aromatic heterocycles. The second-order valence-electron chi connectivity index (χ2n) is 4.61. The molecule has 4 heteroatoms. The topological polar surface area (TPSA) is 42.0 Å². The van der Waals surface area contributed by atoms with Crippen molar-refractivity contribution < 1.29 is 9.18 Å². The summed E-state index contributed by atoms with van der Waals surface area (Å²) in [7, 11) is 0. The van der Waals surface area contributed by atoms with Gasteiger partial charge in [-0.05, 0) is 17.5 Å². The molecule has 0 bridgehead atoms. The van der Waals surface area contributed by atoms with Gasteiger partial charge in [0.15, 0.2) is 0 Å². The quantitative estimate of drug-likeness (QED) is 0.758. The van der Waals surface area contributed by atoms with E-state index in [2.05, 4.69) is 10.3 Å². The number of hydrogen-bond donors (Lipinski definition) is 1. The van der Waals surface area contributed by atoms with Gasteiger partial charge >= 0.3 is 0 Å². The monoisotopic (exact) mass is 210 g/mol. The number of hydrogen-bond acceptors (Lipinski definition) is 2. The van der Waals surface area contributed by atoms with Gasteiger partial charge < -0.3 is 5.32 Å². The molecule has 1 rings (SSSR count). The Bertz CT molecular complexity index is 341. The fraction of sp³-hybridized carbons (Fsp3) is 0.455. The maximum absolute atomic E-state index is 12.5. The zero-order chi connectivity index (χ0) is 11.5. The van der Waals surface area contributed by atoms with E-state index in [0.717, 1.165) is 0 Å². The van der Waals surface area contributed by atoms with Gasteiger partial charge in [-0.2, -0.15) is 4.39 Å². The Kier molecular flexibility index (Phi) is 3.39. The minimum Gasteiger partial charge on any atom is -0.351 e. The second kappa shape index (κ2) is 4.38. The van der Waals surface area contributed by atoms with Crippen LogP contribution in [0.25, 0.3) is 0 Å². The van der Waals surface area contributed by atoms with Crippen LogP contribution in [0.15, 0.2) is 18.3 Å². The fourth-order valence-corrected chi connectivity index (χ4v) is 0.958. The molecule has 15 heavy (non-hydrogen) atoms. The Morgan fingerprint density at radius 1 is 1.47 bits per heavy atom. The van der Waals surface area contributed by atoms with Crippen LogP contribution in [0.5, 0.6) is 0 Å². The maximum atomic E-state index is 12.5. The third-order valence-electron chi connectivity index (χ3n) is 1.77. The molecule has 0 aliphatic carbocycles. The second-order valence-corrected chi connectivity index (χ2v) is 4.61. The summed E-state index contributed by atoms with van der Waals surface area (Å²) in [5.74, 6) is -0.806. The van der Waals surface area contributed by atoms with Crippen LogP contribution in [0, 0.1) is 11.4 Å². The summed E-state index contributed by atoms with van der Waals surface area (Å²) in [5, 5.41) is 2.76. The number of nitrogens with one attached hydrogen (secondary N) is 1. The number of amides is 1. The molecule has 1 amide bonds. The van der Waals surface area contributed by atoms with Crippen molar-refractivity contribution in [1.29, 1.82) is 0 Å². The van der Waals surface area contributed by atoms with Crippen LogP contribution in [-0.4, -0.2) is 17.4 Å². The van der Waals surface area contributed by atoms with Gasteiger partial charge in [0, 0.05) is 12.7 Å². The molecule has 0 unspecified atom stereocenters. The van der Waals surface area contributed by atoms with Crippen LogP contribution in [0.4, 0.5) is 4.39 Å². The highest BCUT2D eigenvalue weighted by molar-refractivity contribution is 5.93. The van der Waals surface area contributed by atoms with Crippen LogP contribution in [0.1, 0.15) is 31.1 Å². The predicted molar refractivity (Wildman–Crippen MR) is 56.0 cm³/mol. The smallest absolute Gasteiger partial charge is 0.252 e. The zero-order valence-electron chi connectivity index (χ0n) is 9.17. The van der Waals surface area contributed by atoms with Gasteiger partial charge in [0.25, 0.3) is 5.91 Å². The summed E-state index contributed by atoms with van der Waals surface area (Å²) in [5.41, 5.74) is 0.406. The van der Waals surface area contributed by atoms with E-state index in [4.69, 9.17) is 0 Å². The van der Waals surface area contributed by atoms with Crippen molar-refractivity contribution in [3.8, 4) is 0 Å². The lowest BCUT2D eigenvalue weighted by atomic mass is 9.97. The van der Waals surface area contributed by atoms with Crippen LogP contribution in [0.2, 0.25) is 0 Å². The SMILES string of the molecule is CC(C)(C)CNC(=O)c1ccc(F)nc1. The molecule has 0 aromatic carbocycles. The lowest BCUT2D eigenvalue weighted by molar-refractivity contribution is 0.0939. The van der Waals surface area contributed by atoms with Gasteiger partial charge in [0.1, 0.15) is 0 Å². The lowest BCUT2D eigenvalue weighted by Crippen LogP contribution is -2.32. The number of rotatable bonds is 2. The van der Waals surface area contributed by atoms with Crippen LogP contribution in [-0.2, 0) is 0 Å². The van der Waals surface area contributed by atoms with E-state index in [1.807, 2.05) is 20.8 Å². The standard InChI is InChI=1S/C11H15FN2O/c1-11(2,3)7-14-10(15)8-4-5-9(12)13-6-8/h4-6H,7H2,1-3H3,(H,14,15). The molecule has 0 saturated carbocycles. The highest BCUT2D eigenvalue weighted by atomic mass is 19.1. The van der Waals surface area contributed by atoms with Gasteiger partial charge in [-0.3, -0.25) is 4.79 Å². The molecule has 1 N–H and O–H groups in total. The van der Waals surface area contributed by atoms with Crippen molar-refractivity contribution in [3.63, 3.8) is 0 Å². The van der Waals surface area contributed by atoms with Crippen molar-refractivity contribution in [1.82, 2.24) is 10.3 Å². The van der Waals surface area contributed by atoms with E-state index in [9.17, 15) is 9.18 Å². The molecule has 0 fully saturated rings. The summed E-state index contributed by atoms with van der Waals surface area (Å²) in [4.78, 5) is 14.9. The fourth-order valence-electron chi connectivity index (χ4n) is 0.958. The van der Waals surface area contributed by atoms with Crippen LogP contribution in [0.3, 0.4) is 0 Å². The first-order valence-electron chi connectivity index (χ1n) is 4.78. The predicted octanol–water partition coefficient (Wildman–Crippen LogP) is 2.00. The van der Waals surface area contributed by atoms with Gasteiger partial charge in [0.2, 0.25) is 5.95 Å². The Balaban J connectivity index is 2.58. The highest BCUT2D eigenvalue weighted by Crippen LogP contribution is 2.10. The number of pyridine rings is 1. The lowest BCUT2D eigenvalue weighted by Gasteiger charge is -2.18. The molecule has 0 aliphatic rings. The van der Waals surface area contributed by atoms with E-state index in [1.165, 1.54) is 18.3 Å². The van der Waals surface area contributed by atoms with Gasteiger partial charge in [-0.15, -0.1) is 0 Å². The van der Waals surface area contributed by atoms with Crippen molar-refractivity contribution in [2.45, 2.75) is 20.8 Å². The van der Waals surface area contributed by atoms with E-state index < -0.39 is 5.95 Å². The van der Waals surface area contributed by atoms with Crippen molar-refractivity contribution >= 4 is 5.91 Å². The molecule has 0 aliphatic heterocycles. The van der Waals surface area contributed by atoms with Gasteiger partial charge in [-0.25, -0.2) is 4.98 Å². The summed E-state index contributed by atoms with van der Waals surface area (Å²) < 4.78 is 12.5. The summed E-state index contributed by atoms with van der Waals surface area (Å²) in [6.45, 7) is 6.64. The number of aromatic nitrogens is 1. The minimum atomic E-state index is -0.581. The van der Waals surface area contributed by atoms with Crippen molar-refractivity contribution in [2.75, 3.05) is 6.54 Å². The molecule has 1 aromatic rings. The first-order chi connectivity index (χ1) is 6.88. The largest absolute Gasteiger partial charge is 0.351 e.